The van der Waals surface area contributed by atoms with Gasteiger partial charge in [-0.15, -0.1) is 0 Å². The first-order valence-electron chi connectivity index (χ1n) is 9.10. The molecule has 0 aliphatic heterocycles. The lowest BCUT2D eigenvalue weighted by Gasteiger charge is -2.12. The number of pyridine rings is 2. The van der Waals surface area contributed by atoms with Gasteiger partial charge in [-0.3, -0.25) is 9.71 Å². The minimum absolute atomic E-state index is 0.156. The van der Waals surface area contributed by atoms with Crippen molar-refractivity contribution in [1.29, 1.82) is 0 Å². The summed E-state index contributed by atoms with van der Waals surface area (Å²) in [5, 5.41) is 1.09. The number of hydrogen-bond acceptors (Lipinski definition) is 5. The van der Waals surface area contributed by atoms with E-state index in [9.17, 15) is 8.42 Å². The summed E-state index contributed by atoms with van der Waals surface area (Å²) < 4.78 is 33.7. The molecule has 0 aliphatic rings. The van der Waals surface area contributed by atoms with E-state index in [2.05, 4.69) is 14.7 Å². The summed E-state index contributed by atoms with van der Waals surface area (Å²) in [6, 6.07) is 16.1. The average molecular weight is 440 g/mol. The van der Waals surface area contributed by atoms with E-state index >= 15 is 0 Å². The topological polar surface area (TPSA) is 81.2 Å². The Bertz CT molecular complexity index is 1360. The highest BCUT2D eigenvalue weighted by Crippen LogP contribution is 2.31. The molecule has 0 radical (unpaired) electrons. The zero-order valence-electron chi connectivity index (χ0n) is 16.3. The highest BCUT2D eigenvalue weighted by Gasteiger charge is 2.18. The monoisotopic (exact) mass is 439 g/mol. The molecule has 1 N–H and O–H groups in total. The van der Waals surface area contributed by atoms with Gasteiger partial charge in [0.25, 0.3) is 10.0 Å². The summed E-state index contributed by atoms with van der Waals surface area (Å²) in [5.74, 6) is 0.634. The van der Waals surface area contributed by atoms with E-state index in [0.29, 0.717) is 11.3 Å². The van der Waals surface area contributed by atoms with Crippen molar-refractivity contribution < 1.29 is 13.2 Å². The SMILES string of the molecule is Cc1ccc(S(=O)(=O)Nc2cnc(Oc3cnc4ccccc4c3)c(Cl)c2)c(C)c1. The molecule has 152 valence electrons. The molecule has 4 aromatic rings. The van der Waals surface area contributed by atoms with Crippen LogP contribution in [0.4, 0.5) is 5.69 Å². The third kappa shape index (κ3) is 4.22. The van der Waals surface area contributed by atoms with Gasteiger partial charge in [-0.05, 0) is 43.7 Å². The number of nitrogens with one attached hydrogen (secondary N) is 1. The van der Waals surface area contributed by atoms with Gasteiger partial charge in [-0.2, -0.15) is 0 Å². The van der Waals surface area contributed by atoms with Gasteiger partial charge >= 0.3 is 0 Å². The van der Waals surface area contributed by atoms with Crippen LogP contribution in [0.1, 0.15) is 11.1 Å². The van der Waals surface area contributed by atoms with Crippen molar-refractivity contribution in [2.45, 2.75) is 18.7 Å². The molecule has 6 nitrogen and oxygen atoms in total. The smallest absolute Gasteiger partial charge is 0.262 e. The number of halogens is 1. The van der Waals surface area contributed by atoms with Crippen molar-refractivity contribution in [3.8, 4) is 11.6 Å². The number of benzene rings is 2. The molecule has 30 heavy (non-hydrogen) atoms. The number of fused-ring (bicyclic) bond motifs is 1. The predicted octanol–water partition coefficient (Wildman–Crippen LogP) is 5.49. The fourth-order valence-corrected chi connectivity index (χ4v) is 4.55. The van der Waals surface area contributed by atoms with E-state index in [1.807, 2.05) is 43.3 Å². The van der Waals surface area contributed by atoms with Gasteiger partial charge in [0, 0.05) is 5.39 Å². The number of aryl methyl sites for hydroxylation is 2. The standard InChI is InChI=1S/C22H18ClN3O3S/c1-14-7-8-21(15(2)9-14)30(27,28)26-17-11-19(23)22(25-12-17)29-18-10-16-5-3-4-6-20(16)24-13-18/h3-13,26H,1-2H3. The third-order valence-corrected chi connectivity index (χ3v) is 6.27. The summed E-state index contributed by atoms with van der Waals surface area (Å²) in [7, 11) is -3.77. The van der Waals surface area contributed by atoms with Gasteiger partial charge in [0.15, 0.2) is 0 Å². The molecule has 0 saturated heterocycles. The molecule has 4 rings (SSSR count). The van der Waals surface area contributed by atoms with Gasteiger partial charge in [-0.1, -0.05) is 47.5 Å². The first-order valence-corrected chi connectivity index (χ1v) is 11.0. The molecule has 0 aliphatic carbocycles. The molecule has 0 unspecified atom stereocenters. The van der Waals surface area contributed by atoms with E-state index in [0.717, 1.165) is 16.5 Å². The molecule has 0 fully saturated rings. The van der Waals surface area contributed by atoms with Crippen LogP contribution in [-0.2, 0) is 10.0 Å². The van der Waals surface area contributed by atoms with Crippen LogP contribution in [0.15, 0.2) is 71.9 Å². The van der Waals surface area contributed by atoms with Gasteiger partial charge in [-0.25, -0.2) is 13.4 Å². The largest absolute Gasteiger partial charge is 0.436 e. The maximum Gasteiger partial charge on any atom is 0.262 e. The van der Waals surface area contributed by atoms with E-state index in [1.165, 1.54) is 12.3 Å². The van der Waals surface area contributed by atoms with Crippen LogP contribution in [0.3, 0.4) is 0 Å². The number of anilines is 1. The lowest BCUT2D eigenvalue weighted by molar-refractivity contribution is 0.462. The van der Waals surface area contributed by atoms with Crippen LogP contribution in [0.5, 0.6) is 11.6 Å². The molecule has 2 aromatic heterocycles. The van der Waals surface area contributed by atoms with E-state index in [-0.39, 0.29) is 21.5 Å². The zero-order chi connectivity index (χ0) is 21.3. The Labute approximate surface area is 179 Å². The van der Waals surface area contributed by atoms with Crippen LogP contribution < -0.4 is 9.46 Å². The quantitative estimate of drug-likeness (QED) is 0.444. The number of aromatic nitrogens is 2. The molecule has 0 atom stereocenters. The summed E-state index contributed by atoms with van der Waals surface area (Å²) in [4.78, 5) is 8.69. The number of nitrogens with zero attached hydrogens (tertiary/aromatic N) is 2. The minimum Gasteiger partial charge on any atom is -0.436 e. The van der Waals surface area contributed by atoms with Crippen molar-refractivity contribution in [2.75, 3.05) is 4.72 Å². The van der Waals surface area contributed by atoms with Crippen LogP contribution in [0.25, 0.3) is 10.9 Å². The second kappa shape index (κ2) is 7.93. The first-order chi connectivity index (χ1) is 14.3. The minimum atomic E-state index is -3.77. The van der Waals surface area contributed by atoms with Crippen molar-refractivity contribution in [3.63, 3.8) is 0 Å². The Hall–Kier alpha value is -3.16. The molecule has 8 heteroatoms. The maximum atomic E-state index is 12.7. The van der Waals surface area contributed by atoms with Crippen LogP contribution in [-0.4, -0.2) is 18.4 Å². The Balaban J connectivity index is 1.56. The third-order valence-electron chi connectivity index (χ3n) is 4.46. The second-order valence-corrected chi connectivity index (χ2v) is 8.91. The Morgan fingerprint density at radius 3 is 2.53 bits per heavy atom. The maximum absolute atomic E-state index is 12.7. The molecule has 0 bridgehead atoms. The highest BCUT2D eigenvalue weighted by atomic mass is 35.5. The van der Waals surface area contributed by atoms with E-state index < -0.39 is 10.0 Å². The molecule has 2 aromatic carbocycles. The molecule has 2 heterocycles. The fourth-order valence-electron chi connectivity index (χ4n) is 3.09. The molecular formula is C22H18ClN3O3S. The van der Waals surface area contributed by atoms with Gasteiger partial charge in [0.1, 0.15) is 10.8 Å². The zero-order valence-corrected chi connectivity index (χ0v) is 17.8. The lowest BCUT2D eigenvalue weighted by Crippen LogP contribution is -2.14. The number of rotatable bonds is 5. The van der Waals surface area contributed by atoms with Gasteiger partial charge in [0.2, 0.25) is 5.88 Å². The van der Waals surface area contributed by atoms with Crippen LogP contribution >= 0.6 is 11.6 Å². The van der Waals surface area contributed by atoms with Crippen molar-refractivity contribution in [1.82, 2.24) is 9.97 Å². The van der Waals surface area contributed by atoms with Crippen LogP contribution in [0.2, 0.25) is 5.02 Å². The summed E-state index contributed by atoms with van der Waals surface area (Å²) >= 11 is 6.28. The van der Waals surface area contributed by atoms with Gasteiger partial charge in [0.05, 0.1) is 28.5 Å². The number of ether oxygens (including phenoxy) is 1. The molecule has 0 spiro atoms. The van der Waals surface area contributed by atoms with E-state index in [1.54, 1.807) is 25.3 Å². The molecule has 0 amide bonds. The summed E-state index contributed by atoms with van der Waals surface area (Å²) in [6.45, 7) is 3.66. The number of hydrogen-bond donors (Lipinski definition) is 1. The van der Waals surface area contributed by atoms with Crippen molar-refractivity contribution in [2.24, 2.45) is 0 Å². The first kappa shape index (κ1) is 20.1. The lowest BCUT2D eigenvalue weighted by atomic mass is 10.2. The van der Waals surface area contributed by atoms with Gasteiger partial charge < -0.3 is 4.74 Å². The highest BCUT2D eigenvalue weighted by molar-refractivity contribution is 7.92. The molecular weight excluding hydrogens is 422 g/mol. The summed E-state index contributed by atoms with van der Waals surface area (Å²) in [5.41, 5.74) is 2.73. The normalized spacial score (nSPS) is 11.4. The average Bonchev–Trinajstić information content (AvgIpc) is 2.69. The fraction of sp³-hybridized carbons (Fsp3) is 0.0909. The van der Waals surface area contributed by atoms with Crippen molar-refractivity contribution in [3.05, 3.63) is 83.1 Å². The number of para-hydroxylation sites is 1. The van der Waals surface area contributed by atoms with Crippen molar-refractivity contribution >= 4 is 38.2 Å². The Morgan fingerprint density at radius 1 is 0.967 bits per heavy atom. The van der Waals surface area contributed by atoms with Crippen LogP contribution in [0, 0.1) is 13.8 Å². The molecule has 0 saturated carbocycles. The Kier molecular flexibility index (Phi) is 5.32. The Morgan fingerprint density at radius 2 is 1.77 bits per heavy atom. The van der Waals surface area contributed by atoms with E-state index in [4.69, 9.17) is 16.3 Å². The number of sulfonamides is 1. The predicted molar refractivity (Wildman–Crippen MR) is 118 cm³/mol. The second-order valence-electron chi connectivity index (χ2n) is 6.85. The summed E-state index contributed by atoms with van der Waals surface area (Å²) in [6.07, 6.45) is 2.94.